The Bertz CT molecular complexity index is 1040. The molecule has 0 radical (unpaired) electrons. The summed E-state index contributed by atoms with van der Waals surface area (Å²) in [5.41, 5.74) is 2.38. The van der Waals surface area contributed by atoms with Crippen LogP contribution in [0, 0.1) is 11.3 Å². The number of hydrogen-bond acceptors (Lipinski definition) is 7. The SMILES string of the molecule is CC1CN(C(=O)OC(C)(C)C)CCN1c1c2c(n(C[C@@H]3CCCN3C)c(=O)c1C#N)CNCC2. The molecule has 3 aliphatic heterocycles. The minimum Gasteiger partial charge on any atom is -0.444 e. The average Bonchev–Trinajstić information content (AvgIpc) is 3.18. The number of carbonyl (C=O) groups is 1. The number of anilines is 1. The normalized spacial score (nSPS) is 23.5. The van der Waals surface area contributed by atoms with E-state index < -0.39 is 5.60 Å². The summed E-state index contributed by atoms with van der Waals surface area (Å²) in [5, 5.41) is 13.5. The lowest BCUT2D eigenvalue weighted by molar-refractivity contribution is 0.0218. The first-order valence-corrected chi connectivity index (χ1v) is 12.4. The van der Waals surface area contributed by atoms with E-state index in [1.165, 1.54) is 0 Å². The molecule has 0 bridgehead atoms. The Morgan fingerprint density at radius 2 is 2.03 bits per heavy atom. The van der Waals surface area contributed by atoms with E-state index in [1.807, 2.05) is 32.3 Å². The van der Waals surface area contributed by atoms with Crippen molar-refractivity contribution < 1.29 is 9.53 Å². The third kappa shape index (κ3) is 4.80. The Balaban J connectivity index is 1.67. The van der Waals surface area contributed by atoms with Crippen molar-refractivity contribution in [2.75, 3.05) is 44.7 Å². The molecule has 1 amide bonds. The first-order chi connectivity index (χ1) is 16.1. The van der Waals surface area contributed by atoms with E-state index in [-0.39, 0.29) is 23.3 Å². The number of nitrogens with zero attached hydrogens (tertiary/aromatic N) is 5. The zero-order valence-corrected chi connectivity index (χ0v) is 21.2. The molecule has 0 aliphatic carbocycles. The van der Waals surface area contributed by atoms with Gasteiger partial charge >= 0.3 is 6.09 Å². The number of nitriles is 1. The van der Waals surface area contributed by atoms with E-state index in [2.05, 4.69) is 28.2 Å². The largest absolute Gasteiger partial charge is 0.444 e. The maximum absolute atomic E-state index is 13.6. The summed E-state index contributed by atoms with van der Waals surface area (Å²) in [6.45, 7) is 12.3. The zero-order valence-electron chi connectivity index (χ0n) is 21.2. The maximum Gasteiger partial charge on any atom is 0.410 e. The molecule has 1 N–H and O–H groups in total. The first-order valence-electron chi connectivity index (χ1n) is 12.4. The Morgan fingerprint density at radius 1 is 1.26 bits per heavy atom. The minimum absolute atomic E-state index is 0.0384. The van der Waals surface area contributed by atoms with Crippen molar-refractivity contribution in [3.63, 3.8) is 0 Å². The number of rotatable bonds is 3. The monoisotopic (exact) mass is 470 g/mol. The van der Waals surface area contributed by atoms with E-state index in [1.54, 1.807) is 4.90 Å². The molecule has 9 nitrogen and oxygen atoms in total. The van der Waals surface area contributed by atoms with E-state index in [0.717, 1.165) is 49.3 Å². The van der Waals surface area contributed by atoms with Crippen molar-refractivity contribution in [2.45, 2.75) is 77.7 Å². The summed E-state index contributed by atoms with van der Waals surface area (Å²) in [5.74, 6) is 0. The zero-order chi connectivity index (χ0) is 24.6. The molecule has 0 saturated carbocycles. The Labute approximate surface area is 202 Å². The predicted molar refractivity (Wildman–Crippen MR) is 131 cm³/mol. The summed E-state index contributed by atoms with van der Waals surface area (Å²) in [6, 6.07) is 2.54. The van der Waals surface area contributed by atoms with E-state index in [4.69, 9.17) is 4.74 Å². The van der Waals surface area contributed by atoms with E-state index in [0.29, 0.717) is 38.8 Å². The van der Waals surface area contributed by atoms with Gasteiger partial charge in [0.15, 0.2) is 0 Å². The number of likely N-dealkylation sites (N-methyl/N-ethyl adjacent to an activating group) is 1. The van der Waals surface area contributed by atoms with Gasteiger partial charge < -0.3 is 29.3 Å². The third-order valence-electron chi connectivity index (χ3n) is 7.24. The minimum atomic E-state index is -0.546. The van der Waals surface area contributed by atoms with Crippen molar-refractivity contribution >= 4 is 11.8 Å². The van der Waals surface area contributed by atoms with E-state index >= 15 is 0 Å². The molecule has 4 heterocycles. The second kappa shape index (κ2) is 9.59. The molecule has 186 valence electrons. The summed E-state index contributed by atoms with van der Waals surface area (Å²) in [4.78, 5) is 32.5. The molecule has 34 heavy (non-hydrogen) atoms. The molecule has 3 aliphatic rings. The molecule has 1 aromatic rings. The molecule has 2 saturated heterocycles. The number of carbonyl (C=O) groups excluding carboxylic acids is 1. The lowest BCUT2D eigenvalue weighted by Gasteiger charge is -2.43. The molecule has 1 aromatic heterocycles. The summed E-state index contributed by atoms with van der Waals surface area (Å²) in [7, 11) is 2.11. The van der Waals surface area contributed by atoms with Crippen molar-refractivity contribution in [3.05, 3.63) is 27.2 Å². The van der Waals surface area contributed by atoms with Gasteiger partial charge in [0.25, 0.3) is 5.56 Å². The molecular weight excluding hydrogens is 432 g/mol. The highest BCUT2D eigenvalue weighted by Gasteiger charge is 2.35. The summed E-state index contributed by atoms with van der Waals surface area (Å²) in [6.07, 6.45) is 2.66. The number of ether oxygens (including phenoxy) is 1. The van der Waals surface area contributed by atoms with Crippen LogP contribution in [0.25, 0.3) is 0 Å². The van der Waals surface area contributed by atoms with E-state index in [9.17, 15) is 14.9 Å². The van der Waals surface area contributed by atoms with Gasteiger partial charge in [-0.1, -0.05) is 0 Å². The van der Waals surface area contributed by atoms with Gasteiger partial charge in [-0.15, -0.1) is 0 Å². The Morgan fingerprint density at radius 3 is 2.65 bits per heavy atom. The lowest BCUT2D eigenvalue weighted by Crippen LogP contribution is -2.55. The van der Waals surface area contributed by atoms with Crippen molar-refractivity contribution in [1.82, 2.24) is 19.7 Å². The number of fused-ring (bicyclic) bond motifs is 1. The summed E-state index contributed by atoms with van der Waals surface area (Å²) < 4.78 is 7.42. The topological polar surface area (TPSA) is 93.8 Å². The third-order valence-corrected chi connectivity index (χ3v) is 7.24. The standard InChI is InChI=1S/C25H38N6O3/c1-17-15-29(24(33)34-25(2,3)4)11-12-30(17)22-19-8-9-27-14-21(19)31(23(32)20(22)13-26)16-18-7-6-10-28(18)5/h17-18,27H,6-12,14-16H2,1-5H3/t17?,18-/m0/s1. The van der Waals surface area contributed by atoms with Crippen LogP contribution in [0.2, 0.25) is 0 Å². The van der Waals surface area contributed by atoms with Crippen LogP contribution in [-0.2, 0) is 24.2 Å². The van der Waals surface area contributed by atoms with Crippen LogP contribution in [0.5, 0.6) is 0 Å². The summed E-state index contributed by atoms with van der Waals surface area (Å²) >= 11 is 0. The highest BCUT2D eigenvalue weighted by atomic mass is 16.6. The van der Waals surface area contributed by atoms with Crippen molar-refractivity contribution in [1.29, 1.82) is 5.26 Å². The molecule has 2 atom stereocenters. The number of aromatic nitrogens is 1. The van der Waals surface area contributed by atoms with Crippen molar-refractivity contribution in [3.8, 4) is 6.07 Å². The molecule has 4 rings (SSSR count). The fourth-order valence-corrected chi connectivity index (χ4v) is 5.51. The number of piperazine rings is 1. The Kier molecular flexibility index (Phi) is 6.92. The highest BCUT2D eigenvalue weighted by molar-refractivity contribution is 5.70. The van der Waals surface area contributed by atoms with Gasteiger partial charge in [0.05, 0.1) is 5.69 Å². The number of hydrogen-bond donors (Lipinski definition) is 1. The van der Waals surface area contributed by atoms with Crippen LogP contribution in [0.3, 0.4) is 0 Å². The fourth-order valence-electron chi connectivity index (χ4n) is 5.51. The van der Waals surface area contributed by atoms with Gasteiger partial charge in [-0.3, -0.25) is 4.79 Å². The average molecular weight is 471 g/mol. The molecule has 2 fully saturated rings. The highest BCUT2D eigenvalue weighted by Crippen LogP contribution is 2.32. The van der Waals surface area contributed by atoms with Gasteiger partial charge in [-0.05, 0) is 72.7 Å². The van der Waals surface area contributed by atoms with Gasteiger partial charge in [-0.2, -0.15) is 5.26 Å². The van der Waals surface area contributed by atoms with Gasteiger partial charge in [0.1, 0.15) is 17.2 Å². The second-order valence-corrected chi connectivity index (χ2v) is 10.8. The predicted octanol–water partition coefficient (Wildman–Crippen LogP) is 1.91. The van der Waals surface area contributed by atoms with Crippen LogP contribution in [-0.4, -0.2) is 77.9 Å². The van der Waals surface area contributed by atoms with Crippen LogP contribution < -0.4 is 15.8 Å². The smallest absolute Gasteiger partial charge is 0.410 e. The Hall–Kier alpha value is -2.57. The molecule has 0 aromatic carbocycles. The molecule has 0 spiro atoms. The number of nitrogens with one attached hydrogen (secondary N) is 1. The number of pyridine rings is 1. The second-order valence-electron chi connectivity index (χ2n) is 10.8. The molecular formula is C25H38N6O3. The van der Waals surface area contributed by atoms with Gasteiger partial charge in [0.2, 0.25) is 0 Å². The number of likely N-dealkylation sites (tertiary alicyclic amines) is 1. The maximum atomic E-state index is 13.6. The first kappa shape index (κ1) is 24.6. The fraction of sp³-hybridized carbons (Fsp3) is 0.720. The van der Waals surface area contributed by atoms with Crippen LogP contribution >= 0.6 is 0 Å². The lowest BCUT2D eigenvalue weighted by atomic mass is 9.97. The van der Waals surface area contributed by atoms with Gasteiger partial charge in [-0.25, -0.2) is 4.79 Å². The van der Waals surface area contributed by atoms with Crippen LogP contribution in [0.15, 0.2) is 4.79 Å². The van der Waals surface area contributed by atoms with Gasteiger partial charge in [0, 0.05) is 50.5 Å². The quantitative estimate of drug-likeness (QED) is 0.721. The van der Waals surface area contributed by atoms with Crippen LogP contribution in [0.1, 0.15) is 57.4 Å². The molecule has 1 unspecified atom stereocenters. The van der Waals surface area contributed by atoms with Crippen LogP contribution in [0.4, 0.5) is 10.5 Å². The molecule has 9 heteroatoms. The number of amides is 1. The van der Waals surface area contributed by atoms with Crippen molar-refractivity contribution in [2.24, 2.45) is 0 Å².